The maximum atomic E-state index is 13.4. The topological polar surface area (TPSA) is 307 Å². The molecule has 0 bridgehead atoms. The van der Waals surface area contributed by atoms with E-state index in [1.165, 1.54) is 135 Å². The Kier molecular flexibility index (Phi) is 46.7. The summed E-state index contributed by atoms with van der Waals surface area (Å²) in [5.41, 5.74) is 0. The maximum absolute atomic E-state index is 13.4. The minimum atomic E-state index is -1.98. The SMILES string of the molecule is CC/C=C\C/C=C\C/C=C\C/C=C\CCCCCCCCCCCCCCCCCCC(=O)NC(COC1OC(CO)C(OC2OC(CO)C(OC3OC(CO)C(O)C(O)C3O)C(O)C2O)C(O)C1O)C(O)/C=C/CC/C=C/CCCCCCCCCCC. The van der Waals surface area contributed by atoms with Gasteiger partial charge >= 0.3 is 0 Å². The Hall–Kier alpha value is -2.77. The van der Waals surface area contributed by atoms with Gasteiger partial charge in [0.05, 0.1) is 38.6 Å². The second-order valence-electron chi connectivity index (χ2n) is 24.6. The summed E-state index contributed by atoms with van der Waals surface area (Å²) in [5.74, 6) is -0.287. The quantitative estimate of drug-likeness (QED) is 0.0200. The van der Waals surface area contributed by atoms with Crippen molar-refractivity contribution < 1.29 is 89.4 Å². The molecular formula is C70H123NO18. The average Bonchev–Trinajstić information content (AvgIpc) is 2.42. The van der Waals surface area contributed by atoms with Gasteiger partial charge in [0.15, 0.2) is 18.9 Å². The monoisotopic (exact) mass is 1270 g/mol. The molecule has 0 aromatic rings. The minimum absolute atomic E-state index is 0.233. The number of carbonyl (C=O) groups is 1. The van der Waals surface area contributed by atoms with Crippen molar-refractivity contribution in [1.82, 2.24) is 5.32 Å². The van der Waals surface area contributed by atoms with E-state index in [2.05, 4.69) is 79.9 Å². The maximum Gasteiger partial charge on any atom is 0.220 e. The highest BCUT2D eigenvalue weighted by Crippen LogP contribution is 2.33. The molecule has 3 rings (SSSR count). The molecule has 0 aromatic carbocycles. The van der Waals surface area contributed by atoms with Crippen molar-refractivity contribution in [3.05, 3.63) is 72.9 Å². The van der Waals surface area contributed by atoms with E-state index in [-0.39, 0.29) is 18.9 Å². The predicted octanol–water partition coefficient (Wildman–Crippen LogP) is 8.94. The van der Waals surface area contributed by atoms with Crippen LogP contribution in [-0.2, 0) is 33.2 Å². The molecule has 19 nitrogen and oxygen atoms in total. The molecule has 3 heterocycles. The van der Waals surface area contributed by atoms with Gasteiger partial charge in [-0.2, -0.15) is 0 Å². The van der Waals surface area contributed by atoms with Gasteiger partial charge in [0.25, 0.3) is 0 Å². The van der Waals surface area contributed by atoms with Crippen LogP contribution in [0, 0.1) is 0 Å². The molecule has 3 saturated heterocycles. The number of allylic oxidation sites excluding steroid dienone is 11. The summed E-state index contributed by atoms with van der Waals surface area (Å²) in [5, 5.41) is 120. The fourth-order valence-electron chi connectivity index (χ4n) is 11.4. The van der Waals surface area contributed by atoms with Crippen LogP contribution >= 0.6 is 0 Å². The molecule has 0 aliphatic carbocycles. The summed E-state index contributed by atoms with van der Waals surface area (Å²) in [6.45, 7) is 1.59. The van der Waals surface area contributed by atoms with Crippen molar-refractivity contribution in [1.29, 1.82) is 0 Å². The average molecular weight is 1270 g/mol. The highest BCUT2D eigenvalue weighted by Gasteiger charge is 2.53. The molecule has 3 aliphatic heterocycles. The first kappa shape index (κ1) is 80.5. The van der Waals surface area contributed by atoms with E-state index in [1.54, 1.807) is 6.08 Å². The number of ether oxygens (including phenoxy) is 6. The number of nitrogens with one attached hydrogen (secondary N) is 1. The number of hydrogen-bond donors (Lipinski definition) is 12. The molecule has 19 heteroatoms. The third-order valence-electron chi connectivity index (χ3n) is 17.0. The normalized spacial score (nSPS) is 28.7. The van der Waals surface area contributed by atoms with Crippen molar-refractivity contribution in [3.63, 3.8) is 0 Å². The van der Waals surface area contributed by atoms with Gasteiger partial charge in [-0.25, -0.2) is 0 Å². The summed E-state index contributed by atoms with van der Waals surface area (Å²) in [4.78, 5) is 13.4. The van der Waals surface area contributed by atoms with Crippen LogP contribution < -0.4 is 5.32 Å². The lowest BCUT2D eigenvalue weighted by Crippen LogP contribution is -2.66. The number of aliphatic hydroxyl groups excluding tert-OH is 11. The van der Waals surface area contributed by atoms with Crippen molar-refractivity contribution in [2.45, 2.75) is 336 Å². The lowest BCUT2D eigenvalue weighted by molar-refractivity contribution is -0.379. The highest BCUT2D eigenvalue weighted by molar-refractivity contribution is 5.76. The van der Waals surface area contributed by atoms with Crippen LogP contribution in [0.4, 0.5) is 0 Å². The van der Waals surface area contributed by atoms with Gasteiger partial charge in [-0.3, -0.25) is 4.79 Å². The van der Waals surface area contributed by atoms with Gasteiger partial charge in [0.1, 0.15) is 73.2 Å². The van der Waals surface area contributed by atoms with Gasteiger partial charge in [-0.1, -0.05) is 228 Å². The molecule has 1 amide bonds. The van der Waals surface area contributed by atoms with Crippen LogP contribution in [0.15, 0.2) is 72.9 Å². The van der Waals surface area contributed by atoms with E-state index >= 15 is 0 Å². The van der Waals surface area contributed by atoms with Crippen molar-refractivity contribution in [2.24, 2.45) is 0 Å². The van der Waals surface area contributed by atoms with Gasteiger partial charge < -0.3 is 89.9 Å². The highest BCUT2D eigenvalue weighted by atomic mass is 16.8. The van der Waals surface area contributed by atoms with Crippen LogP contribution in [0.5, 0.6) is 0 Å². The van der Waals surface area contributed by atoms with Gasteiger partial charge in [-0.15, -0.1) is 0 Å². The van der Waals surface area contributed by atoms with E-state index in [0.717, 1.165) is 64.2 Å². The Morgan fingerprint density at radius 3 is 1.26 bits per heavy atom. The number of aliphatic hydroxyl groups is 11. The first-order chi connectivity index (χ1) is 43.3. The second-order valence-corrected chi connectivity index (χ2v) is 24.6. The van der Waals surface area contributed by atoms with E-state index in [9.17, 15) is 61.0 Å². The lowest BCUT2D eigenvalue weighted by Gasteiger charge is -2.48. The van der Waals surface area contributed by atoms with E-state index in [4.69, 9.17) is 28.4 Å². The smallest absolute Gasteiger partial charge is 0.220 e. The third-order valence-corrected chi connectivity index (χ3v) is 17.0. The first-order valence-electron chi connectivity index (χ1n) is 34.7. The molecule has 89 heavy (non-hydrogen) atoms. The van der Waals surface area contributed by atoms with Crippen LogP contribution in [0.25, 0.3) is 0 Å². The van der Waals surface area contributed by atoms with Gasteiger partial charge in [0, 0.05) is 6.42 Å². The van der Waals surface area contributed by atoms with Crippen LogP contribution in [-0.4, -0.2) is 193 Å². The van der Waals surface area contributed by atoms with Crippen molar-refractivity contribution in [2.75, 3.05) is 26.4 Å². The predicted molar refractivity (Wildman–Crippen MR) is 346 cm³/mol. The Morgan fingerprint density at radius 2 is 0.787 bits per heavy atom. The molecule has 17 unspecified atom stereocenters. The fraction of sp³-hybridized carbons (Fsp3) is 0.814. The molecule has 12 N–H and O–H groups in total. The number of hydrogen-bond acceptors (Lipinski definition) is 18. The third kappa shape index (κ3) is 33.8. The zero-order chi connectivity index (χ0) is 64.7. The Bertz CT molecular complexity index is 1900. The Labute approximate surface area is 534 Å². The fourth-order valence-corrected chi connectivity index (χ4v) is 11.4. The molecule has 0 saturated carbocycles. The summed E-state index contributed by atoms with van der Waals surface area (Å²) >= 11 is 0. The van der Waals surface area contributed by atoms with Crippen LogP contribution in [0.3, 0.4) is 0 Å². The molecule has 3 fully saturated rings. The van der Waals surface area contributed by atoms with Crippen LogP contribution in [0.1, 0.15) is 232 Å². The number of amides is 1. The zero-order valence-electron chi connectivity index (χ0n) is 54.4. The van der Waals surface area contributed by atoms with E-state index < -0.39 is 124 Å². The molecule has 0 radical (unpaired) electrons. The summed E-state index contributed by atoms with van der Waals surface area (Å²) in [7, 11) is 0. The van der Waals surface area contributed by atoms with Crippen LogP contribution in [0.2, 0.25) is 0 Å². The molecule has 516 valence electrons. The molecule has 3 aliphatic rings. The van der Waals surface area contributed by atoms with Crippen molar-refractivity contribution in [3.8, 4) is 0 Å². The molecule has 17 atom stereocenters. The number of unbranched alkanes of at least 4 members (excludes halogenated alkanes) is 26. The standard InChI is InChI=1S/C70H123NO18/c1-3-5-7-9-11-13-15-17-19-20-21-22-23-24-25-26-27-28-29-30-31-32-34-36-38-40-42-44-46-48-58(76)71-53(54(75)47-45-43-41-39-37-35-33-18-16-14-12-10-8-6-4-2)52-84-68-64(82)61(79)66(56(50-73)86-68)89-70-65(83)62(80)67(57(51-74)87-70)88-69-63(81)60(78)59(77)55(49-72)85-69/h5,7,11,13,17,19,21-22,37,39,45,47,53-57,59-70,72-75,77-83H,3-4,6,8-10,12,14-16,18,20,23-36,38,40-44,46,48-52H2,1-2H3,(H,71,76)/b7-5-,13-11-,19-17-,22-21-,39-37+,47-45+. The summed E-state index contributed by atoms with van der Waals surface area (Å²) in [6.07, 6.45) is 37.4. The van der Waals surface area contributed by atoms with Crippen molar-refractivity contribution >= 4 is 5.91 Å². The number of carbonyl (C=O) groups excluding carboxylic acids is 1. The van der Waals surface area contributed by atoms with Gasteiger partial charge in [-0.05, 0) is 70.6 Å². The van der Waals surface area contributed by atoms with Gasteiger partial charge in [0.2, 0.25) is 5.91 Å². The molecular weight excluding hydrogens is 1140 g/mol. The number of rotatable bonds is 52. The minimum Gasteiger partial charge on any atom is -0.394 e. The Morgan fingerprint density at radius 1 is 0.416 bits per heavy atom. The lowest BCUT2D eigenvalue weighted by atomic mass is 9.96. The molecule has 0 aromatic heterocycles. The van der Waals surface area contributed by atoms with E-state index in [1.807, 2.05) is 6.08 Å². The first-order valence-corrected chi connectivity index (χ1v) is 34.7. The largest absolute Gasteiger partial charge is 0.394 e. The zero-order valence-corrected chi connectivity index (χ0v) is 54.4. The Balaban J connectivity index is 1.41. The second kappa shape index (κ2) is 51.6. The summed E-state index contributed by atoms with van der Waals surface area (Å²) < 4.78 is 34.3. The summed E-state index contributed by atoms with van der Waals surface area (Å²) in [6, 6.07) is -0.992. The van der Waals surface area contributed by atoms with E-state index in [0.29, 0.717) is 12.8 Å². The molecule has 0 spiro atoms.